The molecule has 3 rings (SSSR count). The van der Waals surface area contributed by atoms with Gasteiger partial charge < -0.3 is 9.72 Å². The van der Waals surface area contributed by atoms with Gasteiger partial charge in [-0.3, -0.25) is 0 Å². The Balaban J connectivity index is 1.70. The van der Waals surface area contributed by atoms with E-state index in [1.54, 1.807) is 6.33 Å². The van der Waals surface area contributed by atoms with Crippen molar-refractivity contribution in [3.8, 4) is 5.75 Å². The molecule has 21 heavy (non-hydrogen) atoms. The van der Waals surface area contributed by atoms with Gasteiger partial charge in [-0.15, -0.1) is 5.11 Å². The summed E-state index contributed by atoms with van der Waals surface area (Å²) in [5, 5.41) is 8.30. The van der Waals surface area contributed by atoms with Gasteiger partial charge in [0.2, 0.25) is 5.82 Å². The SMILES string of the molecule is CCOc1ccc(CN=Nc2ncnc3nc[nH]c23)cc1. The molecule has 0 unspecified atom stereocenters. The van der Waals surface area contributed by atoms with E-state index < -0.39 is 0 Å². The maximum Gasteiger partial charge on any atom is 0.203 e. The van der Waals surface area contributed by atoms with Crippen LogP contribution in [0.5, 0.6) is 5.75 Å². The van der Waals surface area contributed by atoms with Crippen LogP contribution in [0.2, 0.25) is 0 Å². The topological polar surface area (TPSA) is 88.4 Å². The van der Waals surface area contributed by atoms with Crippen LogP contribution in [-0.4, -0.2) is 26.5 Å². The Morgan fingerprint density at radius 1 is 1.14 bits per heavy atom. The molecule has 0 aliphatic heterocycles. The number of imidazole rings is 1. The van der Waals surface area contributed by atoms with E-state index in [2.05, 4.69) is 30.2 Å². The van der Waals surface area contributed by atoms with E-state index >= 15 is 0 Å². The first-order valence-corrected chi connectivity index (χ1v) is 6.60. The minimum absolute atomic E-state index is 0.478. The predicted molar refractivity (Wildman–Crippen MR) is 77.5 cm³/mol. The minimum Gasteiger partial charge on any atom is -0.494 e. The average molecular weight is 282 g/mol. The number of ether oxygens (including phenoxy) is 1. The third-order valence-corrected chi connectivity index (χ3v) is 2.86. The van der Waals surface area contributed by atoms with Crippen molar-refractivity contribution in [3.63, 3.8) is 0 Å². The van der Waals surface area contributed by atoms with E-state index in [9.17, 15) is 0 Å². The molecule has 0 fully saturated rings. The van der Waals surface area contributed by atoms with Gasteiger partial charge >= 0.3 is 0 Å². The van der Waals surface area contributed by atoms with Gasteiger partial charge in [0.15, 0.2) is 5.65 Å². The first kappa shape index (κ1) is 13.2. The van der Waals surface area contributed by atoms with Gasteiger partial charge in [0, 0.05) is 0 Å². The summed E-state index contributed by atoms with van der Waals surface area (Å²) in [4.78, 5) is 15.1. The van der Waals surface area contributed by atoms with Gasteiger partial charge in [0.05, 0.1) is 19.5 Å². The highest BCUT2D eigenvalue weighted by molar-refractivity contribution is 5.79. The van der Waals surface area contributed by atoms with Crippen molar-refractivity contribution in [2.75, 3.05) is 6.61 Å². The summed E-state index contributed by atoms with van der Waals surface area (Å²) in [6, 6.07) is 7.78. The Morgan fingerprint density at radius 3 is 2.81 bits per heavy atom. The zero-order valence-corrected chi connectivity index (χ0v) is 11.5. The third-order valence-electron chi connectivity index (χ3n) is 2.86. The lowest BCUT2D eigenvalue weighted by Crippen LogP contribution is -1.91. The Kier molecular flexibility index (Phi) is 3.81. The van der Waals surface area contributed by atoms with Crippen molar-refractivity contribution in [1.82, 2.24) is 19.9 Å². The lowest BCUT2D eigenvalue weighted by molar-refractivity contribution is 0.340. The Hall–Kier alpha value is -2.83. The van der Waals surface area contributed by atoms with Crippen molar-refractivity contribution < 1.29 is 4.74 Å². The minimum atomic E-state index is 0.478. The molecule has 1 aromatic carbocycles. The number of rotatable bonds is 5. The molecular formula is C14H14N6O. The van der Waals surface area contributed by atoms with Crippen molar-refractivity contribution in [3.05, 3.63) is 42.5 Å². The number of nitrogens with one attached hydrogen (secondary N) is 1. The van der Waals surface area contributed by atoms with Crippen molar-refractivity contribution in [1.29, 1.82) is 0 Å². The monoisotopic (exact) mass is 282 g/mol. The third kappa shape index (κ3) is 3.02. The van der Waals surface area contributed by atoms with Gasteiger partial charge in [0.1, 0.15) is 17.6 Å². The molecule has 0 radical (unpaired) electrons. The van der Waals surface area contributed by atoms with Crippen molar-refractivity contribution in [2.24, 2.45) is 10.2 Å². The fraction of sp³-hybridized carbons (Fsp3) is 0.214. The Bertz CT molecular complexity index is 750. The van der Waals surface area contributed by atoms with Crippen LogP contribution in [0.4, 0.5) is 5.82 Å². The van der Waals surface area contributed by atoms with Gasteiger partial charge in [-0.1, -0.05) is 12.1 Å². The van der Waals surface area contributed by atoms with Crippen molar-refractivity contribution >= 4 is 17.0 Å². The second-order valence-corrected chi connectivity index (χ2v) is 4.27. The summed E-state index contributed by atoms with van der Waals surface area (Å²) < 4.78 is 5.39. The number of hydrogen-bond donors (Lipinski definition) is 1. The van der Waals surface area contributed by atoms with E-state index in [-0.39, 0.29) is 0 Å². The number of fused-ring (bicyclic) bond motifs is 1. The fourth-order valence-electron chi connectivity index (χ4n) is 1.87. The highest BCUT2D eigenvalue weighted by Gasteiger charge is 2.03. The smallest absolute Gasteiger partial charge is 0.203 e. The molecule has 0 bridgehead atoms. The molecule has 3 aromatic rings. The zero-order chi connectivity index (χ0) is 14.5. The summed E-state index contributed by atoms with van der Waals surface area (Å²) in [5.74, 6) is 1.34. The van der Waals surface area contributed by atoms with Crippen LogP contribution in [0.1, 0.15) is 12.5 Å². The molecule has 0 aliphatic carbocycles. The second kappa shape index (κ2) is 6.08. The predicted octanol–water partition coefficient (Wildman–Crippen LogP) is 3.04. The number of hydrogen-bond acceptors (Lipinski definition) is 6. The molecule has 106 valence electrons. The molecule has 1 N–H and O–H groups in total. The molecule has 2 aromatic heterocycles. The molecular weight excluding hydrogens is 268 g/mol. The lowest BCUT2D eigenvalue weighted by atomic mass is 10.2. The zero-order valence-electron chi connectivity index (χ0n) is 11.5. The number of aromatic nitrogens is 4. The largest absolute Gasteiger partial charge is 0.494 e. The van der Waals surface area contributed by atoms with Gasteiger partial charge in [-0.2, -0.15) is 5.11 Å². The second-order valence-electron chi connectivity index (χ2n) is 4.27. The highest BCUT2D eigenvalue weighted by Crippen LogP contribution is 2.19. The number of azo groups is 1. The van der Waals surface area contributed by atoms with Crippen LogP contribution in [-0.2, 0) is 6.54 Å². The summed E-state index contributed by atoms with van der Waals surface area (Å²) in [7, 11) is 0. The summed E-state index contributed by atoms with van der Waals surface area (Å²) >= 11 is 0. The summed E-state index contributed by atoms with van der Waals surface area (Å²) in [5.41, 5.74) is 2.32. The molecule has 7 heteroatoms. The number of benzene rings is 1. The van der Waals surface area contributed by atoms with Crippen LogP contribution in [0.25, 0.3) is 11.2 Å². The number of aromatic amines is 1. The van der Waals surface area contributed by atoms with Gasteiger partial charge in [-0.25, -0.2) is 15.0 Å². The average Bonchev–Trinajstić information content (AvgIpc) is 2.99. The first-order chi connectivity index (χ1) is 10.4. The van der Waals surface area contributed by atoms with Crippen LogP contribution < -0.4 is 4.74 Å². The van der Waals surface area contributed by atoms with E-state index in [1.807, 2.05) is 31.2 Å². The van der Waals surface area contributed by atoms with E-state index in [1.165, 1.54) is 6.33 Å². The molecule has 7 nitrogen and oxygen atoms in total. The fourth-order valence-corrected chi connectivity index (χ4v) is 1.87. The Morgan fingerprint density at radius 2 is 2.00 bits per heavy atom. The van der Waals surface area contributed by atoms with Gasteiger partial charge in [-0.05, 0) is 24.6 Å². The molecule has 0 saturated heterocycles. The normalized spacial score (nSPS) is 11.3. The summed E-state index contributed by atoms with van der Waals surface area (Å²) in [6.45, 7) is 3.10. The summed E-state index contributed by atoms with van der Waals surface area (Å²) in [6.07, 6.45) is 2.99. The van der Waals surface area contributed by atoms with Crippen LogP contribution in [0.3, 0.4) is 0 Å². The van der Waals surface area contributed by atoms with Crippen molar-refractivity contribution in [2.45, 2.75) is 13.5 Å². The first-order valence-electron chi connectivity index (χ1n) is 6.60. The molecule has 0 amide bonds. The standard InChI is InChI=1S/C14H14N6O/c1-2-21-11-5-3-10(4-6-11)7-19-20-14-12-13(16-8-15-12)17-9-18-14/h3-6,8-9H,2,7H2,1H3,(H,15,16,17,18). The van der Waals surface area contributed by atoms with Crippen LogP contribution in [0.15, 0.2) is 47.1 Å². The van der Waals surface area contributed by atoms with Crippen LogP contribution in [0, 0.1) is 0 Å². The highest BCUT2D eigenvalue weighted by atomic mass is 16.5. The number of nitrogens with zero attached hydrogens (tertiary/aromatic N) is 5. The molecule has 0 saturated carbocycles. The van der Waals surface area contributed by atoms with E-state index in [0.717, 1.165) is 11.3 Å². The molecule has 0 spiro atoms. The number of H-pyrrole nitrogens is 1. The molecule has 0 aliphatic rings. The maximum absolute atomic E-state index is 5.39. The van der Waals surface area contributed by atoms with E-state index in [4.69, 9.17) is 4.74 Å². The van der Waals surface area contributed by atoms with Gasteiger partial charge in [0.25, 0.3) is 0 Å². The maximum atomic E-state index is 5.39. The molecule has 2 heterocycles. The van der Waals surface area contributed by atoms with Crippen LogP contribution >= 0.6 is 0 Å². The quantitative estimate of drug-likeness (QED) is 0.728. The molecule has 0 atom stereocenters. The Labute approximate surface area is 121 Å². The lowest BCUT2D eigenvalue weighted by Gasteiger charge is -2.02. The van der Waals surface area contributed by atoms with E-state index in [0.29, 0.717) is 30.1 Å².